The number of halogens is 3. The first-order chi connectivity index (χ1) is 10.8. The molecule has 1 aliphatic rings. The Kier molecular flexibility index (Phi) is 5.12. The van der Waals surface area contributed by atoms with Gasteiger partial charge in [0.25, 0.3) is 0 Å². The third-order valence-corrected chi connectivity index (χ3v) is 3.73. The van der Waals surface area contributed by atoms with Gasteiger partial charge in [-0.15, -0.1) is 0 Å². The minimum absolute atomic E-state index is 0.0749. The number of rotatable bonds is 3. The van der Waals surface area contributed by atoms with Crippen molar-refractivity contribution in [2.45, 2.75) is 19.0 Å². The highest BCUT2D eigenvalue weighted by Crippen LogP contribution is 2.25. The maximum atomic E-state index is 12.4. The quantitative estimate of drug-likeness (QED) is 0.926. The van der Waals surface area contributed by atoms with Crippen molar-refractivity contribution in [3.8, 4) is 5.75 Å². The lowest BCUT2D eigenvalue weighted by molar-refractivity contribution is -0.186. The number of likely N-dealkylation sites (tertiary alicyclic amines) is 1. The van der Waals surface area contributed by atoms with Crippen LogP contribution in [0.15, 0.2) is 24.3 Å². The molecule has 1 fully saturated rings. The van der Waals surface area contributed by atoms with Crippen molar-refractivity contribution in [2.24, 2.45) is 5.92 Å². The lowest BCUT2D eigenvalue weighted by atomic mass is 9.95. The second kappa shape index (κ2) is 6.89. The van der Waals surface area contributed by atoms with Crippen LogP contribution in [0.3, 0.4) is 0 Å². The number of alkyl halides is 3. The second-order valence-corrected chi connectivity index (χ2v) is 5.29. The Hall–Kier alpha value is -2.25. The van der Waals surface area contributed by atoms with E-state index in [1.54, 1.807) is 24.3 Å². The fraction of sp³-hybridized carbons (Fsp3) is 0.467. The van der Waals surface area contributed by atoms with E-state index in [-0.39, 0.29) is 31.8 Å². The van der Waals surface area contributed by atoms with Gasteiger partial charge in [0.1, 0.15) is 5.75 Å². The van der Waals surface area contributed by atoms with E-state index >= 15 is 0 Å². The number of benzene rings is 1. The van der Waals surface area contributed by atoms with Gasteiger partial charge in [-0.1, -0.05) is 6.07 Å². The first-order valence-corrected chi connectivity index (χ1v) is 7.12. The normalized spacial score (nSPS) is 16.1. The first kappa shape index (κ1) is 17.1. The third-order valence-electron chi connectivity index (χ3n) is 3.73. The van der Waals surface area contributed by atoms with Crippen molar-refractivity contribution in [3.05, 3.63) is 24.3 Å². The van der Waals surface area contributed by atoms with Gasteiger partial charge in [-0.25, -0.2) is 0 Å². The van der Waals surface area contributed by atoms with Crippen molar-refractivity contribution < 1.29 is 27.5 Å². The summed E-state index contributed by atoms with van der Waals surface area (Å²) < 4.78 is 42.2. The molecule has 0 radical (unpaired) electrons. The van der Waals surface area contributed by atoms with E-state index < -0.39 is 18.0 Å². The number of anilines is 1. The number of amides is 2. The van der Waals surface area contributed by atoms with E-state index in [9.17, 15) is 22.8 Å². The lowest BCUT2D eigenvalue weighted by Crippen LogP contribution is -2.46. The molecule has 0 unspecified atom stereocenters. The predicted molar refractivity (Wildman–Crippen MR) is 77.0 cm³/mol. The summed E-state index contributed by atoms with van der Waals surface area (Å²) in [5.74, 6) is -1.94. The van der Waals surface area contributed by atoms with Crippen LogP contribution >= 0.6 is 0 Å². The number of nitrogens with zero attached hydrogens (tertiary/aromatic N) is 1. The molecule has 2 amide bonds. The molecule has 0 atom stereocenters. The smallest absolute Gasteiger partial charge is 0.471 e. The number of ether oxygens (including phenoxy) is 1. The van der Waals surface area contributed by atoms with Gasteiger partial charge in [0.2, 0.25) is 5.91 Å². The molecule has 1 aliphatic heterocycles. The summed E-state index contributed by atoms with van der Waals surface area (Å²) in [6.45, 7) is -0.150. The molecule has 1 aromatic rings. The van der Waals surface area contributed by atoms with E-state index in [1.807, 2.05) is 0 Å². The summed E-state index contributed by atoms with van der Waals surface area (Å²) in [6, 6.07) is 6.80. The number of piperidine rings is 1. The number of hydrogen-bond donors (Lipinski definition) is 1. The van der Waals surface area contributed by atoms with E-state index in [2.05, 4.69) is 5.32 Å². The average molecular weight is 330 g/mol. The Morgan fingerprint density at radius 2 is 1.91 bits per heavy atom. The lowest BCUT2D eigenvalue weighted by Gasteiger charge is -2.31. The van der Waals surface area contributed by atoms with Gasteiger partial charge in [0, 0.05) is 30.8 Å². The zero-order chi connectivity index (χ0) is 17.0. The van der Waals surface area contributed by atoms with Crippen LogP contribution in [0.4, 0.5) is 18.9 Å². The summed E-state index contributed by atoms with van der Waals surface area (Å²) in [5, 5.41) is 2.72. The topological polar surface area (TPSA) is 58.6 Å². The van der Waals surface area contributed by atoms with Gasteiger partial charge < -0.3 is 15.0 Å². The predicted octanol–water partition coefficient (Wildman–Crippen LogP) is 2.43. The highest BCUT2D eigenvalue weighted by atomic mass is 19.4. The van der Waals surface area contributed by atoms with E-state index in [1.165, 1.54) is 7.11 Å². The summed E-state index contributed by atoms with van der Waals surface area (Å²) in [5.41, 5.74) is 0.558. The van der Waals surface area contributed by atoms with Crippen molar-refractivity contribution in [1.82, 2.24) is 4.90 Å². The van der Waals surface area contributed by atoms with Gasteiger partial charge in [-0.2, -0.15) is 13.2 Å². The van der Waals surface area contributed by atoms with Crippen LogP contribution in [0.2, 0.25) is 0 Å². The van der Waals surface area contributed by atoms with Crippen LogP contribution in [0, 0.1) is 5.92 Å². The average Bonchev–Trinajstić information content (AvgIpc) is 2.53. The van der Waals surface area contributed by atoms with Crippen molar-refractivity contribution >= 4 is 17.5 Å². The summed E-state index contributed by atoms with van der Waals surface area (Å²) in [6.07, 6.45) is -4.45. The molecule has 5 nitrogen and oxygen atoms in total. The molecule has 0 aliphatic carbocycles. The Morgan fingerprint density at radius 3 is 2.48 bits per heavy atom. The van der Waals surface area contributed by atoms with Gasteiger partial charge in [-0.3, -0.25) is 9.59 Å². The summed E-state index contributed by atoms with van der Waals surface area (Å²) >= 11 is 0. The van der Waals surface area contributed by atoms with Crippen molar-refractivity contribution in [2.75, 3.05) is 25.5 Å². The molecule has 0 bridgehead atoms. The molecular formula is C15H17F3N2O3. The fourth-order valence-electron chi connectivity index (χ4n) is 2.47. The molecule has 0 aromatic heterocycles. The van der Waals surface area contributed by atoms with Crippen LogP contribution in [0.5, 0.6) is 5.75 Å². The molecule has 1 aromatic carbocycles. The Labute approximate surface area is 131 Å². The number of methoxy groups -OCH3 is 1. The fourth-order valence-corrected chi connectivity index (χ4v) is 2.47. The Morgan fingerprint density at radius 1 is 1.26 bits per heavy atom. The van der Waals surface area contributed by atoms with E-state index in [4.69, 9.17) is 4.74 Å². The summed E-state index contributed by atoms with van der Waals surface area (Å²) in [4.78, 5) is 24.1. The number of nitrogens with one attached hydrogen (secondary N) is 1. The maximum absolute atomic E-state index is 12.4. The van der Waals surface area contributed by atoms with E-state index in [0.29, 0.717) is 11.4 Å². The second-order valence-electron chi connectivity index (χ2n) is 5.29. The molecule has 0 spiro atoms. The zero-order valence-electron chi connectivity index (χ0n) is 12.5. The number of carbonyl (C=O) groups excluding carboxylic acids is 2. The minimum Gasteiger partial charge on any atom is -0.497 e. The van der Waals surface area contributed by atoms with Crippen LogP contribution in [-0.4, -0.2) is 43.1 Å². The first-order valence-electron chi connectivity index (χ1n) is 7.12. The molecule has 1 heterocycles. The van der Waals surface area contributed by atoms with Gasteiger partial charge in [0.05, 0.1) is 7.11 Å². The standard InChI is InChI=1S/C15H17F3N2O3/c1-23-12-4-2-3-11(9-12)19-13(21)10-5-7-20(8-6-10)14(22)15(16,17)18/h2-4,9-10H,5-8H2,1H3,(H,19,21). The molecule has 2 rings (SSSR count). The Bertz CT molecular complexity index is 582. The molecular weight excluding hydrogens is 313 g/mol. The van der Waals surface area contributed by atoms with Gasteiger partial charge in [-0.05, 0) is 25.0 Å². The molecule has 0 saturated carbocycles. The molecule has 126 valence electrons. The van der Waals surface area contributed by atoms with Crippen LogP contribution in [0.1, 0.15) is 12.8 Å². The van der Waals surface area contributed by atoms with Crippen LogP contribution < -0.4 is 10.1 Å². The summed E-state index contributed by atoms with van der Waals surface area (Å²) in [7, 11) is 1.51. The van der Waals surface area contributed by atoms with Crippen molar-refractivity contribution in [3.63, 3.8) is 0 Å². The van der Waals surface area contributed by atoms with Gasteiger partial charge in [0.15, 0.2) is 0 Å². The van der Waals surface area contributed by atoms with Crippen LogP contribution in [-0.2, 0) is 9.59 Å². The number of carbonyl (C=O) groups is 2. The van der Waals surface area contributed by atoms with Crippen LogP contribution in [0.25, 0.3) is 0 Å². The minimum atomic E-state index is -4.87. The molecule has 1 N–H and O–H groups in total. The third kappa shape index (κ3) is 4.37. The van der Waals surface area contributed by atoms with E-state index in [0.717, 1.165) is 4.90 Å². The van der Waals surface area contributed by atoms with Crippen molar-refractivity contribution in [1.29, 1.82) is 0 Å². The largest absolute Gasteiger partial charge is 0.497 e. The SMILES string of the molecule is COc1cccc(NC(=O)C2CCN(C(=O)C(F)(F)F)CC2)c1. The monoisotopic (exact) mass is 330 g/mol. The molecule has 1 saturated heterocycles. The zero-order valence-corrected chi connectivity index (χ0v) is 12.5. The van der Waals surface area contributed by atoms with Gasteiger partial charge >= 0.3 is 12.1 Å². The molecule has 8 heteroatoms. The highest BCUT2D eigenvalue weighted by molar-refractivity contribution is 5.93. The Balaban J connectivity index is 1.89. The molecule has 23 heavy (non-hydrogen) atoms. The highest BCUT2D eigenvalue weighted by Gasteiger charge is 2.43. The number of hydrogen-bond acceptors (Lipinski definition) is 3. The maximum Gasteiger partial charge on any atom is 0.471 e.